The number of hydrogen-bond donors (Lipinski definition) is 4. The van der Waals surface area contributed by atoms with Crippen LogP contribution >= 0.6 is 7.60 Å². The number of carboxylic acids is 1. The molecule has 0 fully saturated rings. The molecule has 0 aromatic heterocycles. The van der Waals surface area contributed by atoms with E-state index < -0.39 is 25.9 Å². The van der Waals surface area contributed by atoms with E-state index in [9.17, 15) is 9.36 Å². The molecule has 0 aliphatic rings. The van der Waals surface area contributed by atoms with Crippen molar-refractivity contribution in [3.63, 3.8) is 0 Å². The van der Waals surface area contributed by atoms with E-state index >= 15 is 0 Å². The Labute approximate surface area is 76.1 Å². The Bertz CT molecular complexity index is 223. The maximum Gasteiger partial charge on any atom is 0.339 e. The van der Waals surface area contributed by atoms with Gasteiger partial charge in [0.2, 0.25) is 0 Å². The van der Waals surface area contributed by atoms with Gasteiger partial charge in [-0.2, -0.15) is 0 Å². The summed E-state index contributed by atoms with van der Waals surface area (Å²) < 4.78 is 10.4. The Morgan fingerprint density at radius 3 is 2.15 bits per heavy atom. The SMILES string of the molecule is CC(C)[C@@H](NCP(=O)(O)O)C(=O)O. The van der Waals surface area contributed by atoms with Gasteiger partial charge in [0.05, 0.1) is 6.29 Å². The van der Waals surface area contributed by atoms with Crippen molar-refractivity contribution in [3.05, 3.63) is 0 Å². The van der Waals surface area contributed by atoms with Crippen LogP contribution in [0.5, 0.6) is 0 Å². The van der Waals surface area contributed by atoms with Crippen molar-refractivity contribution in [2.24, 2.45) is 5.92 Å². The second kappa shape index (κ2) is 4.72. The van der Waals surface area contributed by atoms with Gasteiger partial charge in [0, 0.05) is 0 Å². The van der Waals surface area contributed by atoms with Crippen molar-refractivity contribution in [2.45, 2.75) is 19.9 Å². The highest BCUT2D eigenvalue weighted by Gasteiger charge is 2.24. The molecule has 0 radical (unpaired) electrons. The highest BCUT2D eigenvalue weighted by molar-refractivity contribution is 7.51. The molecule has 0 aromatic rings. The second-order valence-electron chi connectivity index (χ2n) is 3.09. The fourth-order valence-corrected chi connectivity index (χ4v) is 1.26. The van der Waals surface area contributed by atoms with Gasteiger partial charge >= 0.3 is 13.6 Å². The van der Waals surface area contributed by atoms with E-state index in [0.717, 1.165) is 0 Å². The van der Waals surface area contributed by atoms with E-state index in [1.54, 1.807) is 13.8 Å². The molecule has 0 saturated heterocycles. The van der Waals surface area contributed by atoms with E-state index in [-0.39, 0.29) is 5.92 Å². The molecule has 0 heterocycles. The molecule has 1 atom stereocenters. The van der Waals surface area contributed by atoms with E-state index in [4.69, 9.17) is 14.9 Å². The van der Waals surface area contributed by atoms with E-state index in [2.05, 4.69) is 5.32 Å². The summed E-state index contributed by atoms with van der Waals surface area (Å²) in [4.78, 5) is 27.5. The van der Waals surface area contributed by atoms with Gasteiger partial charge in [-0.15, -0.1) is 0 Å². The highest BCUT2D eigenvalue weighted by atomic mass is 31.2. The Morgan fingerprint density at radius 1 is 1.46 bits per heavy atom. The van der Waals surface area contributed by atoms with Crippen molar-refractivity contribution in [1.82, 2.24) is 5.32 Å². The maximum atomic E-state index is 10.5. The molecule has 0 amide bonds. The summed E-state index contributed by atoms with van der Waals surface area (Å²) in [5.74, 6) is -1.33. The minimum absolute atomic E-state index is 0.218. The van der Waals surface area contributed by atoms with Crippen molar-refractivity contribution in [3.8, 4) is 0 Å². The lowest BCUT2D eigenvalue weighted by molar-refractivity contribution is -0.140. The second-order valence-corrected chi connectivity index (χ2v) is 4.73. The highest BCUT2D eigenvalue weighted by Crippen LogP contribution is 2.32. The normalized spacial score (nSPS) is 14.5. The molecule has 6 nitrogen and oxygen atoms in total. The average Bonchev–Trinajstić information content (AvgIpc) is 1.82. The van der Waals surface area contributed by atoms with Crippen LogP contribution in [0.4, 0.5) is 0 Å². The summed E-state index contributed by atoms with van der Waals surface area (Å²) in [7, 11) is -4.17. The van der Waals surface area contributed by atoms with Crippen molar-refractivity contribution in [2.75, 3.05) is 6.29 Å². The van der Waals surface area contributed by atoms with Gasteiger partial charge < -0.3 is 14.9 Å². The van der Waals surface area contributed by atoms with Crippen LogP contribution in [0.3, 0.4) is 0 Å². The predicted octanol–water partition coefficient (Wildman–Crippen LogP) is -0.180. The van der Waals surface area contributed by atoms with Crippen molar-refractivity contribution in [1.29, 1.82) is 0 Å². The Hall–Kier alpha value is -0.420. The molecular formula is C6H14NO5P. The summed E-state index contributed by atoms with van der Waals surface area (Å²) in [6.45, 7) is 3.32. The predicted molar refractivity (Wildman–Crippen MR) is 46.3 cm³/mol. The first-order chi connectivity index (χ1) is 5.74. The van der Waals surface area contributed by atoms with Crippen LogP contribution in [0.2, 0.25) is 0 Å². The Morgan fingerprint density at radius 2 is 1.92 bits per heavy atom. The molecule has 0 aliphatic carbocycles. The van der Waals surface area contributed by atoms with Gasteiger partial charge in [-0.1, -0.05) is 13.8 Å². The zero-order valence-corrected chi connectivity index (χ0v) is 8.36. The third-order valence-corrected chi connectivity index (χ3v) is 2.04. The molecule has 0 aliphatic heterocycles. The Balaban J connectivity index is 4.14. The fourth-order valence-electron chi connectivity index (χ4n) is 0.825. The van der Waals surface area contributed by atoms with Crippen LogP contribution in [0, 0.1) is 5.92 Å². The summed E-state index contributed by atoms with van der Waals surface area (Å²) in [5.41, 5.74) is 0. The first-order valence-corrected chi connectivity index (χ1v) is 5.54. The van der Waals surface area contributed by atoms with Gasteiger partial charge in [0.1, 0.15) is 6.04 Å². The number of aliphatic carboxylic acids is 1. The van der Waals surface area contributed by atoms with E-state index in [1.165, 1.54) is 0 Å². The van der Waals surface area contributed by atoms with Gasteiger partial charge in [0.15, 0.2) is 0 Å². The zero-order chi connectivity index (χ0) is 10.6. The van der Waals surface area contributed by atoms with Crippen LogP contribution in [-0.4, -0.2) is 33.2 Å². The molecular weight excluding hydrogens is 197 g/mol. The van der Waals surface area contributed by atoms with Crippen LogP contribution in [0.15, 0.2) is 0 Å². The molecule has 7 heteroatoms. The smallest absolute Gasteiger partial charge is 0.339 e. The molecule has 4 N–H and O–H groups in total. The number of carboxylic acid groups (broad SMARTS) is 1. The average molecular weight is 211 g/mol. The summed E-state index contributed by atoms with van der Waals surface area (Å²) in [6.07, 6.45) is -0.609. The number of rotatable bonds is 5. The third-order valence-electron chi connectivity index (χ3n) is 1.45. The van der Waals surface area contributed by atoms with Gasteiger partial charge in [-0.25, -0.2) is 0 Å². The standard InChI is InChI=1S/C6H14NO5P/c1-4(2)5(6(8)9)7-3-13(10,11)12/h4-5,7H,3H2,1-2H3,(H,8,9)(H2,10,11,12)/t5-/m1/s1. The summed E-state index contributed by atoms with van der Waals surface area (Å²) in [5, 5.41) is 10.9. The van der Waals surface area contributed by atoms with E-state index in [0.29, 0.717) is 0 Å². The van der Waals surface area contributed by atoms with Gasteiger partial charge in [0.25, 0.3) is 0 Å². The molecule has 0 unspecified atom stereocenters. The minimum atomic E-state index is -4.17. The zero-order valence-electron chi connectivity index (χ0n) is 7.47. The first-order valence-electron chi connectivity index (χ1n) is 3.75. The van der Waals surface area contributed by atoms with E-state index in [1.807, 2.05) is 0 Å². The van der Waals surface area contributed by atoms with Gasteiger partial charge in [-0.3, -0.25) is 14.7 Å². The van der Waals surface area contributed by atoms with Crippen molar-refractivity contribution >= 4 is 13.6 Å². The largest absolute Gasteiger partial charge is 0.480 e. The maximum absolute atomic E-state index is 10.5. The third kappa shape index (κ3) is 5.76. The Kier molecular flexibility index (Phi) is 4.56. The number of carbonyl (C=O) groups is 1. The fraction of sp³-hybridized carbons (Fsp3) is 0.833. The lowest BCUT2D eigenvalue weighted by Gasteiger charge is -2.17. The molecule has 13 heavy (non-hydrogen) atoms. The first kappa shape index (κ1) is 12.6. The summed E-state index contributed by atoms with van der Waals surface area (Å²) in [6, 6.07) is -0.923. The quantitative estimate of drug-likeness (QED) is 0.470. The molecule has 0 aromatic carbocycles. The lowest BCUT2D eigenvalue weighted by Crippen LogP contribution is -2.41. The molecule has 0 saturated carbocycles. The molecule has 0 bridgehead atoms. The van der Waals surface area contributed by atoms with Crippen LogP contribution < -0.4 is 5.32 Å². The van der Waals surface area contributed by atoms with Crippen LogP contribution in [0.25, 0.3) is 0 Å². The summed E-state index contributed by atoms with van der Waals surface area (Å²) >= 11 is 0. The number of nitrogens with one attached hydrogen (secondary N) is 1. The molecule has 78 valence electrons. The van der Waals surface area contributed by atoms with Crippen molar-refractivity contribution < 1.29 is 24.3 Å². The molecule has 0 rings (SSSR count). The van der Waals surface area contributed by atoms with Gasteiger partial charge in [-0.05, 0) is 5.92 Å². The van der Waals surface area contributed by atoms with Crippen LogP contribution in [0.1, 0.15) is 13.8 Å². The lowest BCUT2D eigenvalue weighted by atomic mass is 10.1. The minimum Gasteiger partial charge on any atom is -0.480 e. The number of hydrogen-bond acceptors (Lipinski definition) is 3. The van der Waals surface area contributed by atoms with Crippen LogP contribution in [-0.2, 0) is 9.36 Å². The monoisotopic (exact) mass is 211 g/mol. The molecule has 0 spiro atoms. The topological polar surface area (TPSA) is 107 Å².